The van der Waals surface area contributed by atoms with Crippen LogP contribution >= 0.6 is 0 Å². The van der Waals surface area contributed by atoms with E-state index in [9.17, 15) is 0 Å². The normalized spacial score (nSPS) is 8.11. The Morgan fingerprint density at radius 1 is 1.56 bits per heavy atom. The molecule has 0 amide bonds. The molecule has 0 unspecified atom stereocenters. The van der Waals surface area contributed by atoms with Crippen molar-refractivity contribution in [1.29, 1.82) is 0 Å². The molecule has 0 spiro atoms. The summed E-state index contributed by atoms with van der Waals surface area (Å²) in [6, 6.07) is 3.80. The number of anilines is 1. The number of pyridine rings is 1. The molecule has 1 aromatic heterocycles. The van der Waals surface area contributed by atoms with Crippen LogP contribution in [0.5, 0.6) is 0 Å². The van der Waals surface area contributed by atoms with Crippen molar-refractivity contribution >= 4 is 5.82 Å². The number of hydrogen-bond acceptors (Lipinski definition) is 2. The van der Waals surface area contributed by atoms with E-state index in [0.29, 0.717) is 5.82 Å². The molecule has 2 N–H and O–H groups in total. The average Bonchev–Trinajstić information content (AvgIpc) is 1.77. The number of nitrogen functional groups attached to an aromatic ring is 1. The monoisotopic (exact) mass is 303 g/mol. The van der Waals surface area contributed by atoms with Gasteiger partial charge in [0.25, 0.3) is 0 Å². The molecule has 1 aromatic rings. The van der Waals surface area contributed by atoms with Gasteiger partial charge in [0.05, 0.1) is 0 Å². The van der Waals surface area contributed by atoms with Gasteiger partial charge in [-0.15, -0.1) is 0 Å². The molecule has 0 atom stereocenters. The number of nitrogens with zero attached hydrogens (tertiary/aromatic N) is 1. The summed E-state index contributed by atoms with van der Waals surface area (Å²) in [4.78, 5) is 3.86. The van der Waals surface area contributed by atoms with Gasteiger partial charge in [-0.1, -0.05) is 6.07 Å². The Bertz CT molecular complexity index is 167. The molecule has 2 nitrogen and oxygen atoms in total. The first kappa shape index (κ1) is 8.64. The maximum Gasteiger partial charge on any atom is 0.126 e. The van der Waals surface area contributed by atoms with E-state index in [1.165, 1.54) is 0 Å². The Hall–Kier alpha value is -0.362. The second-order valence-corrected chi connectivity index (χ2v) is 1.71. The van der Waals surface area contributed by atoms with Crippen LogP contribution in [0.15, 0.2) is 18.3 Å². The number of nitrogens with two attached hydrogens (primary N) is 1. The fourth-order valence-electron chi connectivity index (χ4n) is 0.498. The van der Waals surface area contributed by atoms with Crippen LogP contribution in [0.3, 0.4) is 0 Å². The standard InChI is InChI=1S/C6H8N2.Pt/c1-5-3-2-4-8-6(5)7;/h2-4H,1H3,(H2,7,8);. The fourth-order valence-corrected chi connectivity index (χ4v) is 0.498. The van der Waals surface area contributed by atoms with Crippen LogP contribution in [0.1, 0.15) is 5.56 Å². The van der Waals surface area contributed by atoms with Gasteiger partial charge in [-0.2, -0.15) is 0 Å². The summed E-state index contributed by atoms with van der Waals surface area (Å²) in [6.45, 7) is 1.93. The molecule has 0 saturated carbocycles. The Kier molecular flexibility index (Phi) is 3.48. The van der Waals surface area contributed by atoms with Crippen molar-refractivity contribution in [3.8, 4) is 0 Å². The van der Waals surface area contributed by atoms with Crippen LogP contribution in [0.25, 0.3) is 0 Å². The summed E-state index contributed by atoms with van der Waals surface area (Å²) in [5, 5.41) is 0. The van der Waals surface area contributed by atoms with Crippen LogP contribution in [-0.4, -0.2) is 4.98 Å². The Morgan fingerprint density at radius 3 is 2.56 bits per heavy atom. The first-order valence-electron chi connectivity index (χ1n) is 2.48. The smallest absolute Gasteiger partial charge is 0.126 e. The Balaban J connectivity index is 0.000000640. The van der Waals surface area contributed by atoms with Crippen LogP contribution in [-0.2, 0) is 21.1 Å². The molecule has 0 bridgehead atoms. The summed E-state index contributed by atoms with van der Waals surface area (Å²) < 4.78 is 0. The first-order chi connectivity index (χ1) is 3.80. The maximum absolute atomic E-state index is 5.41. The zero-order valence-electron chi connectivity index (χ0n) is 5.07. The number of hydrogen-bond donors (Lipinski definition) is 1. The van der Waals surface area contributed by atoms with E-state index in [1.807, 2.05) is 19.1 Å². The summed E-state index contributed by atoms with van der Waals surface area (Å²) >= 11 is 0. The largest absolute Gasteiger partial charge is 0.383 e. The van der Waals surface area contributed by atoms with Crippen molar-refractivity contribution in [3.05, 3.63) is 23.9 Å². The van der Waals surface area contributed by atoms with Crippen molar-refractivity contribution in [3.63, 3.8) is 0 Å². The third-order valence-corrected chi connectivity index (χ3v) is 1.05. The van der Waals surface area contributed by atoms with E-state index < -0.39 is 0 Å². The topological polar surface area (TPSA) is 38.9 Å². The molecule has 0 aliphatic carbocycles. The Morgan fingerprint density at radius 2 is 2.22 bits per heavy atom. The molecule has 3 heteroatoms. The van der Waals surface area contributed by atoms with Gasteiger partial charge >= 0.3 is 0 Å². The molecular weight excluding hydrogens is 295 g/mol. The molecular formula is C6H8N2Pt. The predicted octanol–water partition coefficient (Wildman–Crippen LogP) is 0.970. The molecule has 52 valence electrons. The second kappa shape index (κ2) is 3.62. The SMILES string of the molecule is Cc1cccnc1N.[Pt]. The van der Waals surface area contributed by atoms with Crippen LogP contribution < -0.4 is 5.73 Å². The van der Waals surface area contributed by atoms with E-state index in [0.717, 1.165) is 5.56 Å². The average molecular weight is 303 g/mol. The van der Waals surface area contributed by atoms with Gasteiger partial charge in [0.15, 0.2) is 0 Å². The molecule has 0 fully saturated rings. The fraction of sp³-hybridized carbons (Fsp3) is 0.167. The van der Waals surface area contributed by atoms with Gasteiger partial charge in [0, 0.05) is 27.3 Å². The second-order valence-electron chi connectivity index (χ2n) is 1.71. The summed E-state index contributed by atoms with van der Waals surface area (Å²) in [5.41, 5.74) is 6.44. The zero-order valence-corrected chi connectivity index (χ0v) is 7.35. The zero-order chi connectivity index (χ0) is 5.98. The van der Waals surface area contributed by atoms with Gasteiger partial charge in [0.2, 0.25) is 0 Å². The van der Waals surface area contributed by atoms with E-state index in [-0.39, 0.29) is 21.1 Å². The van der Waals surface area contributed by atoms with E-state index >= 15 is 0 Å². The van der Waals surface area contributed by atoms with Crippen LogP contribution in [0.4, 0.5) is 5.82 Å². The quantitative estimate of drug-likeness (QED) is 0.776. The molecule has 0 aliphatic rings. The van der Waals surface area contributed by atoms with Crippen LogP contribution in [0, 0.1) is 6.92 Å². The Labute approximate surface area is 68.7 Å². The minimum atomic E-state index is 0. The predicted molar refractivity (Wildman–Crippen MR) is 33.4 cm³/mol. The minimum absolute atomic E-state index is 0. The van der Waals surface area contributed by atoms with Crippen molar-refractivity contribution in [2.24, 2.45) is 0 Å². The van der Waals surface area contributed by atoms with Gasteiger partial charge in [-0.3, -0.25) is 0 Å². The molecule has 0 aromatic carbocycles. The minimum Gasteiger partial charge on any atom is -0.383 e. The molecule has 0 aliphatic heterocycles. The summed E-state index contributed by atoms with van der Waals surface area (Å²) in [7, 11) is 0. The van der Waals surface area contributed by atoms with Crippen molar-refractivity contribution in [2.75, 3.05) is 5.73 Å². The first-order valence-corrected chi connectivity index (χ1v) is 2.48. The van der Waals surface area contributed by atoms with E-state index in [4.69, 9.17) is 5.73 Å². The molecule has 0 saturated heterocycles. The van der Waals surface area contributed by atoms with Crippen LogP contribution in [0.2, 0.25) is 0 Å². The summed E-state index contributed by atoms with van der Waals surface area (Å²) in [5.74, 6) is 0.618. The van der Waals surface area contributed by atoms with Gasteiger partial charge in [-0.25, -0.2) is 4.98 Å². The molecule has 1 rings (SSSR count). The maximum atomic E-state index is 5.41. The molecule has 1 heterocycles. The van der Waals surface area contributed by atoms with E-state index in [1.54, 1.807) is 6.20 Å². The van der Waals surface area contributed by atoms with Crippen molar-refractivity contribution < 1.29 is 21.1 Å². The molecule has 9 heavy (non-hydrogen) atoms. The third kappa shape index (κ3) is 2.15. The van der Waals surface area contributed by atoms with Crippen molar-refractivity contribution in [1.82, 2.24) is 4.98 Å². The van der Waals surface area contributed by atoms with Crippen molar-refractivity contribution in [2.45, 2.75) is 6.92 Å². The van der Waals surface area contributed by atoms with Gasteiger partial charge in [-0.05, 0) is 18.6 Å². The number of aryl methyl sites for hydroxylation is 1. The third-order valence-electron chi connectivity index (χ3n) is 1.05. The number of rotatable bonds is 0. The van der Waals surface area contributed by atoms with E-state index in [2.05, 4.69) is 4.98 Å². The number of aromatic nitrogens is 1. The summed E-state index contributed by atoms with van der Waals surface area (Å²) in [6.07, 6.45) is 1.68. The van der Waals surface area contributed by atoms with Gasteiger partial charge < -0.3 is 5.73 Å². The van der Waals surface area contributed by atoms with Gasteiger partial charge in [0.1, 0.15) is 5.82 Å². The molecule has 0 radical (unpaired) electrons.